The summed E-state index contributed by atoms with van der Waals surface area (Å²) in [6.07, 6.45) is 5.12. The van der Waals surface area contributed by atoms with E-state index in [0.29, 0.717) is 17.7 Å². The first kappa shape index (κ1) is 21.2. The highest BCUT2D eigenvalue weighted by Crippen LogP contribution is 2.58. The fraction of sp³-hybridized carbons (Fsp3) is 0.480. The molecule has 2 unspecified atom stereocenters. The summed E-state index contributed by atoms with van der Waals surface area (Å²) in [7, 11) is -1.14. The van der Waals surface area contributed by atoms with E-state index in [4.69, 9.17) is 9.72 Å². The summed E-state index contributed by atoms with van der Waals surface area (Å²) < 4.78 is 8.17. The summed E-state index contributed by atoms with van der Waals surface area (Å²) in [5.74, 6) is 1.77. The van der Waals surface area contributed by atoms with Crippen molar-refractivity contribution in [2.75, 3.05) is 24.6 Å². The maximum Gasteiger partial charge on any atom is 0.148 e. The van der Waals surface area contributed by atoms with Crippen LogP contribution in [0.2, 0.25) is 25.7 Å². The van der Waals surface area contributed by atoms with Crippen molar-refractivity contribution in [1.82, 2.24) is 14.5 Å². The van der Waals surface area contributed by atoms with Crippen molar-refractivity contribution in [1.29, 1.82) is 5.26 Å². The molecule has 2 aliphatic rings. The first-order chi connectivity index (χ1) is 15.3. The van der Waals surface area contributed by atoms with Gasteiger partial charge in [-0.3, -0.25) is 0 Å². The summed E-state index contributed by atoms with van der Waals surface area (Å²) in [6.45, 7) is 12.8. The van der Waals surface area contributed by atoms with Crippen molar-refractivity contribution in [2.24, 2.45) is 11.3 Å². The molecule has 3 aromatic rings. The van der Waals surface area contributed by atoms with E-state index in [2.05, 4.69) is 59.3 Å². The third-order valence-corrected chi connectivity index (χ3v) is 8.70. The highest BCUT2D eigenvalue weighted by Gasteiger charge is 2.56. The number of nitrogens with zero attached hydrogens (tertiary/aromatic N) is 5. The average Bonchev–Trinajstić information content (AvgIpc) is 3.09. The standard InChI is InChI=1S/C25H31N5OSi/c1-25-11-20(25)13-29(15-25)23-22-21(19-7-5-6-18(10-19)12-26)14-30(24(22)28-16-27-23)17-31-8-9-32(2,3)4/h5-7,10,14,16,20H,8-9,11,13,15,17H2,1-4H3. The molecule has 1 saturated heterocycles. The van der Waals surface area contributed by atoms with E-state index in [1.165, 1.54) is 6.42 Å². The molecule has 1 aromatic carbocycles. The molecule has 0 radical (unpaired) electrons. The van der Waals surface area contributed by atoms with Crippen LogP contribution in [0.25, 0.3) is 22.2 Å². The number of anilines is 1. The SMILES string of the molecule is CC12CC1CN(c1ncnc3c1c(-c1cccc(C#N)c1)cn3COCC[Si](C)(C)C)C2. The summed E-state index contributed by atoms with van der Waals surface area (Å²) in [5, 5.41) is 10.5. The Hall–Kier alpha value is -2.69. The normalized spacial score (nSPS) is 22.2. The lowest BCUT2D eigenvalue weighted by Gasteiger charge is -2.22. The Morgan fingerprint density at radius 3 is 2.84 bits per heavy atom. The maximum atomic E-state index is 9.42. The molecular weight excluding hydrogens is 414 g/mol. The molecule has 166 valence electrons. The van der Waals surface area contributed by atoms with Gasteiger partial charge in [-0.25, -0.2) is 9.97 Å². The van der Waals surface area contributed by atoms with Crippen LogP contribution in [0.1, 0.15) is 18.9 Å². The number of fused-ring (bicyclic) bond motifs is 2. The second-order valence-electron chi connectivity index (χ2n) is 10.9. The van der Waals surface area contributed by atoms with Gasteiger partial charge in [0.1, 0.15) is 24.5 Å². The van der Waals surface area contributed by atoms with Crippen molar-refractivity contribution in [2.45, 2.75) is 45.8 Å². The molecule has 1 aliphatic carbocycles. The lowest BCUT2D eigenvalue weighted by Crippen LogP contribution is -2.25. The van der Waals surface area contributed by atoms with Crippen molar-refractivity contribution in [3.05, 3.63) is 42.4 Å². The number of hydrogen-bond acceptors (Lipinski definition) is 5. The molecule has 32 heavy (non-hydrogen) atoms. The second kappa shape index (κ2) is 7.71. The first-order valence-corrected chi connectivity index (χ1v) is 15.2. The molecule has 5 rings (SSSR count). The third-order valence-electron chi connectivity index (χ3n) is 6.99. The van der Waals surface area contributed by atoms with Crippen LogP contribution in [0.5, 0.6) is 0 Å². The molecule has 0 bridgehead atoms. The van der Waals surface area contributed by atoms with Crippen molar-refractivity contribution < 1.29 is 4.74 Å². The molecule has 2 atom stereocenters. The van der Waals surface area contributed by atoms with Crippen molar-refractivity contribution in [3.8, 4) is 17.2 Å². The summed E-state index contributed by atoms with van der Waals surface area (Å²) in [5.41, 5.74) is 4.06. The summed E-state index contributed by atoms with van der Waals surface area (Å²) in [4.78, 5) is 11.8. The number of rotatable bonds is 7. The van der Waals surface area contributed by atoms with Crippen LogP contribution < -0.4 is 4.90 Å². The van der Waals surface area contributed by atoms with E-state index in [0.717, 1.165) is 59.6 Å². The first-order valence-electron chi connectivity index (χ1n) is 11.4. The number of hydrogen-bond donors (Lipinski definition) is 0. The van der Waals surface area contributed by atoms with Gasteiger partial charge in [0.2, 0.25) is 0 Å². The van der Waals surface area contributed by atoms with Gasteiger partial charge in [-0.15, -0.1) is 0 Å². The largest absolute Gasteiger partial charge is 0.361 e. The number of benzene rings is 1. The van der Waals surface area contributed by atoms with E-state index in [1.807, 2.05) is 18.2 Å². The Bertz CT molecular complexity index is 1210. The number of nitriles is 1. The Kier molecular flexibility index (Phi) is 5.10. The minimum atomic E-state index is -1.14. The Balaban J connectivity index is 1.55. The van der Waals surface area contributed by atoms with E-state index < -0.39 is 8.07 Å². The molecule has 3 heterocycles. The van der Waals surface area contributed by atoms with Crippen LogP contribution in [0, 0.1) is 22.7 Å². The highest BCUT2D eigenvalue weighted by molar-refractivity contribution is 6.76. The van der Waals surface area contributed by atoms with Gasteiger partial charge >= 0.3 is 0 Å². The minimum absolute atomic E-state index is 0.431. The fourth-order valence-electron chi connectivity index (χ4n) is 4.87. The molecule has 0 N–H and O–H groups in total. The zero-order chi connectivity index (χ0) is 22.5. The maximum absolute atomic E-state index is 9.42. The van der Waals surface area contributed by atoms with Crippen molar-refractivity contribution in [3.63, 3.8) is 0 Å². The van der Waals surface area contributed by atoms with Gasteiger partial charge in [0.25, 0.3) is 0 Å². The predicted octanol–water partition coefficient (Wildman–Crippen LogP) is 5.13. The van der Waals surface area contributed by atoms with E-state index in [1.54, 1.807) is 6.33 Å². The lowest BCUT2D eigenvalue weighted by atomic mass is 10.0. The number of aromatic nitrogens is 3. The minimum Gasteiger partial charge on any atom is -0.361 e. The molecule has 1 aliphatic heterocycles. The van der Waals surface area contributed by atoms with E-state index in [-0.39, 0.29) is 0 Å². The van der Waals surface area contributed by atoms with Gasteiger partial charge in [-0.05, 0) is 41.5 Å². The van der Waals surface area contributed by atoms with Crippen molar-refractivity contribution >= 4 is 24.9 Å². The van der Waals surface area contributed by atoms with Gasteiger partial charge in [0.15, 0.2) is 0 Å². The predicted molar refractivity (Wildman–Crippen MR) is 130 cm³/mol. The van der Waals surface area contributed by atoms with Gasteiger partial charge in [-0.1, -0.05) is 38.7 Å². The van der Waals surface area contributed by atoms with E-state index in [9.17, 15) is 5.26 Å². The molecular formula is C25H31N5OSi. The van der Waals surface area contributed by atoms with Crippen LogP contribution in [0.15, 0.2) is 36.8 Å². The smallest absolute Gasteiger partial charge is 0.148 e. The average molecular weight is 446 g/mol. The molecule has 7 heteroatoms. The molecule has 6 nitrogen and oxygen atoms in total. The topological polar surface area (TPSA) is 67.0 Å². The van der Waals surface area contributed by atoms with Gasteiger partial charge in [0.05, 0.1) is 17.0 Å². The molecule has 1 saturated carbocycles. The Morgan fingerprint density at radius 2 is 2.12 bits per heavy atom. The second-order valence-corrected chi connectivity index (χ2v) is 16.5. The lowest BCUT2D eigenvalue weighted by molar-refractivity contribution is 0.0899. The molecule has 2 aromatic heterocycles. The van der Waals surface area contributed by atoms with E-state index >= 15 is 0 Å². The van der Waals surface area contributed by atoms with Gasteiger partial charge < -0.3 is 14.2 Å². The summed E-state index contributed by atoms with van der Waals surface area (Å²) in [6, 6.07) is 11.2. The van der Waals surface area contributed by atoms with Crippen LogP contribution >= 0.6 is 0 Å². The Morgan fingerprint density at radius 1 is 1.28 bits per heavy atom. The third kappa shape index (κ3) is 3.93. The zero-order valence-electron chi connectivity index (χ0n) is 19.4. The Labute approximate surface area is 190 Å². The quantitative estimate of drug-likeness (QED) is 0.373. The van der Waals surface area contributed by atoms with Gasteiger partial charge in [-0.2, -0.15) is 5.26 Å². The monoisotopic (exact) mass is 445 g/mol. The van der Waals surface area contributed by atoms with Crippen LogP contribution in [-0.2, 0) is 11.5 Å². The number of ether oxygens (including phenoxy) is 1. The fourth-order valence-corrected chi connectivity index (χ4v) is 5.63. The molecule has 0 spiro atoms. The summed E-state index contributed by atoms with van der Waals surface area (Å²) >= 11 is 0. The number of piperidine rings is 1. The van der Waals surface area contributed by atoms with Crippen LogP contribution in [-0.4, -0.2) is 42.3 Å². The van der Waals surface area contributed by atoms with Crippen LogP contribution in [0.4, 0.5) is 5.82 Å². The zero-order valence-corrected chi connectivity index (χ0v) is 20.4. The molecule has 2 fully saturated rings. The van der Waals surface area contributed by atoms with Crippen LogP contribution in [0.3, 0.4) is 0 Å². The molecule has 0 amide bonds. The van der Waals surface area contributed by atoms with Gasteiger partial charge in [0, 0.05) is 39.5 Å². The highest BCUT2D eigenvalue weighted by atomic mass is 28.3.